The van der Waals surface area contributed by atoms with Gasteiger partial charge in [-0.3, -0.25) is 0 Å². The molecular formula is C24H22F4N6O4. The van der Waals surface area contributed by atoms with Crippen molar-refractivity contribution in [3.63, 3.8) is 0 Å². The number of nitrogens with one attached hydrogen (secondary N) is 1. The van der Waals surface area contributed by atoms with Crippen LogP contribution in [0, 0.1) is 5.82 Å². The van der Waals surface area contributed by atoms with E-state index in [2.05, 4.69) is 10.2 Å². The lowest BCUT2D eigenvalue weighted by molar-refractivity contribution is -0.192. The fourth-order valence-corrected chi connectivity index (χ4v) is 4.13. The lowest BCUT2D eigenvalue weighted by Crippen LogP contribution is -2.21. The van der Waals surface area contributed by atoms with E-state index in [4.69, 9.17) is 15.6 Å². The molecule has 3 aromatic heterocycles. The molecule has 38 heavy (non-hydrogen) atoms. The van der Waals surface area contributed by atoms with Crippen molar-refractivity contribution in [3.05, 3.63) is 65.1 Å². The molecule has 0 amide bonds. The van der Waals surface area contributed by atoms with Crippen LogP contribution >= 0.6 is 0 Å². The van der Waals surface area contributed by atoms with Gasteiger partial charge in [0.2, 0.25) is 0 Å². The number of H-pyrrole nitrogens is 1. The number of alkyl halides is 3. The summed E-state index contributed by atoms with van der Waals surface area (Å²) in [5.41, 5.74) is 8.12. The summed E-state index contributed by atoms with van der Waals surface area (Å²) in [6.45, 7) is 1.17. The number of nitrogens with two attached hydrogens (primary N) is 1. The number of carbonyl (C=O) groups is 1. The van der Waals surface area contributed by atoms with Crippen LogP contribution in [0.15, 0.2) is 53.6 Å². The molecule has 0 aliphatic heterocycles. The van der Waals surface area contributed by atoms with E-state index in [9.17, 15) is 27.5 Å². The van der Waals surface area contributed by atoms with E-state index in [0.717, 1.165) is 28.4 Å². The van der Waals surface area contributed by atoms with Gasteiger partial charge in [0.15, 0.2) is 5.82 Å². The van der Waals surface area contributed by atoms with Crippen LogP contribution in [0.3, 0.4) is 0 Å². The lowest BCUT2D eigenvalue weighted by atomic mass is 10.1. The van der Waals surface area contributed by atoms with Crippen molar-refractivity contribution >= 4 is 27.8 Å². The van der Waals surface area contributed by atoms with Crippen molar-refractivity contribution in [1.29, 1.82) is 0 Å². The number of hydrogen-bond donors (Lipinski definition) is 4. The smallest absolute Gasteiger partial charge is 0.490 e. The molecule has 0 spiro atoms. The molecule has 5 aromatic rings. The zero-order valence-electron chi connectivity index (χ0n) is 19.8. The Hall–Kier alpha value is -4.59. The minimum atomic E-state index is -5.08. The van der Waals surface area contributed by atoms with Crippen LogP contribution in [0.4, 0.5) is 17.6 Å². The van der Waals surface area contributed by atoms with E-state index in [1.165, 1.54) is 16.7 Å². The number of aryl methyl sites for hydroxylation is 2. The Bertz CT molecular complexity index is 1700. The summed E-state index contributed by atoms with van der Waals surface area (Å²) in [6, 6.07) is 9.57. The van der Waals surface area contributed by atoms with Gasteiger partial charge in [-0.1, -0.05) is 0 Å². The second kappa shape index (κ2) is 10.0. The second-order valence-electron chi connectivity index (χ2n) is 8.36. The van der Waals surface area contributed by atoms with Crippen molar-refractivity contribution in [1.82, 2.24) is 23.9 Å². The molecule has 0 fully saturated rings. The number of carboxylic acid groups (broad SMARTS) is 1. The molecule has 5 N–H and O–H groups in total. The summed E-state index contributed by atoms with van der Waals surface area (Å²) < 4.78 is 51.2. The minimum Gasteiger partial charge on any atom is -0.508 e. The van der Waals surface area contributed by atoms with Crippen molar-refractivity contribution in [2.75, 3.05) is 6.54 Å². The van der Waals surface area contributed by atoms with E-state index >= 15 is 0 Å². The number of phenols is 1. The highest BCUT2D eigenvalue weighted by molar-refractivity contribution is 5.96. The molecule has 5 rings (SSSR count). The average Bonchev–Trinajstić information content (AvgIpc) is 3.50. The molecular weight excluding hydrogens is 512 g/mol. The lowest BCUT2D eigenvalue weighted by Gasteiger charge is -2.04. The summed E-state index contributed by atoms with van der Waals surface area (Å²) >= 11 is 0. The normalized spacial score (nSPS) is 11.6. The highest BCUT2D eigenvalue weighted by Gasteiger charge is 2.38. The number of nitrogens with zero attached hydrogens (tertiary/aromatic N) is 4. The summed E-state index contributed by atoms with van der Waals surface area (Å²) in [5.74, 6) is -2.59. The van der Waals surface area contributed by atoms with Gasteiger partial charge in [0, 0.05) is 48.4 Å². The monoisotopic (exact) mass is 534 g/mol. The van der Waals surface area contributed by atoms with Gasteiger partial charge >= 0.3 is 17.8 Å². The van der Waals surface area contributed by atoms with Crippen molar-refractivity contribution < 1.29 is 32.6 Å². The number of aromatic amines is 1. The number of aromatic hydroxyl groups is 1. The summed E-state index contributed by atoms with van der Waals surface area (Å²) in [4.78, 5) is 21.7. The molecule has 3 heterocycles. The van der Waals surface area contributed by atoms with E-state index in [-0.39, 0.29) is 11.6 Å². The van der Waals surface area contributed by atoms with Gasteiger partial charge in [-0.25, -0.2) is 23.6 Å². The Labute approximate surface area is 211 Å². The Morgan fingerprint density at radius 2 is 1.82 bits per heavy atom. The van der Waals surface area contributed by atoms with Gasteiger partial charge in [-0.05, 0) is 43.3 Å². The first-order valence-corrected chi connectivity index (χ1v) is 11.2. The molecule has 10 nitrogen and oxygen atoms in total. The predicted octanol–water partition coefficient (Wildman–Crippen LogP) is 3.50. The number of aliphatic carboxylic acids is 1. The summed E-state index contributed by atoms with van der Waals surface area (Å²) in [6.07, 6.45) is -0.651. The standard InChI is InChI=1S/C22H21FN6O2.C2HF3O2/c1-27-11-17(15-5-4-14(30)10-19(15)27)21-25-26-22(31)29(21)20-12-28(8-2-7-24)18-6-3-13(23)9-16(18)20;3-2(4,5)1(6)7/h3-6,9-12,30H,2,7-8,24H2,1H3,(H,26,31);(H,6,7). The fraction of sp³-hybridized carbons (Fsp3) is 0.208. The molecule has 0 radical (unpaired) electrons. The third-order valence-electron chi connectivity index (χ3n) is 5.80. The topological polar surface area (TPSA) is 144 Å². The van der Waals surface area contributed by atoms with Gasteiger partial charge in [-0.15, -0.1) is 0 Å². The molecule has 0 bridgehead atoms. The van der Waals surface area contributed by atoms with Gasteiger partial charge in [0.05, 0.1) is 16.7 Å². The average molecular weight is 534 g/mol. The number of fused-ring (bicyclic) bond motifs is 2. The van der Waals surface area contributed by atoms with Crippen LogP contribution in [0.2, 0.25) is 0 Å². The van der Waals surface area contributed by atoms with Crippen molar-refractivity contribution in [2.24, 2.45) is 12.8 Å². The minimum absolute atomic E-state index is 0.151. The van der Waals surface area contributed by atoms with Crippen molar-refractivity contribution in [2.45, 2.75) is 19.1 Å². The zero-order valence-corrected chi connectivity index (χ0v) is 19.8. The summed E-state index contributed by atoms with van der Waals surface area (Å²) in [5, 5.41) is 25.2. The first kappa shape index (κ1) is 26.5. The molecule has 200 valence electrons. The Morgan fingerprint density at radius 3 is 2.47 bits per heavy atom. The Kier molecular flexibility index (Phi) is 7.00. The van der Waals surface area contributed by atoms with Crippen LogP contribution in [0.25, 0.3) is 38.9 Å². The van der Waals surface area contributed by atoms with Crippen LogP contribution < -0.4 is 11.4 Å². The van der Waals surface area contributed by atoms with Gasteiger partial charge in [0.1, 0.15) is 11.6 Å². The van der Waals surface area contributed by atoms with Crippen LogP contribution in [0.1, 0.15) is 6.42 Å². The SMILES string of the molecule is Cn1cc(-c2n[nH]c(=O)n2-c2cn(CCCN)c3ccc(F)cc23)c2ccc(O)cc21.O=C(O)C(F)(F)F. The van der Waals surface area contributed by atoms with E-state index < -0.39 is 17.8 Å². The number of hydrogen-bond acceptors (Lipinski definition) is 5. The number of carboxylic acids is 1. The third kappa shape index (κ3) is 4.98. The van der Waals surface area contributed by atoms with E-state index in [0.29, 0.717) is 30.0 Å². The third-order valence-corrected chi connectivity index (χ3v) is 5.80. The van der Waals surface area contributed by atoms with Crippen LogP contribution in [0.5, 0.6) is 5.75 Å². The van der Waals surface area contributed by atoms with Crippen LogP contribution in [-0.2, 0) is 18.4 Å². The largest absolute Gasteiger partial charge is 0.508 e. The molecule has 14 heteroatoms. The molecule has 0 unspecified atom stereocenters. The molecule has 0 saturated carbocycles. The quantitative estimate of drug-likeness (QED) is 0.254. The molecule has 0 atom stereocenters. The second-order valence-corrected chi connectivity index (χ2v) is 8.36. The number of halogens is 4. The molecule has 0 saturated heterocycles. The van der Waals surface area contributed by atoms with Crippen LogP contribution in [-0.4, -0.2) is 52.8 Å². The van der Waals surface area contributed by atoms with Gasteiger partial charge in [-0.2, -0.15) is 18.3 Å². The van der Waals surface area contributed by atoms with E-state index in [1.54, 1.807) is 24.3 Å². The maximum absolute atomic E-state index is 14.1. The molecule has 0 aliphatic rings. The number of aromatic nitrogens is 5. The van der Waals surface area contributed by atoms with E-state index in [1.807, 2.05) is 28.6 Å². The highest BCUT2D eigenvalue weighted by Crippen LogP contribution is 2.33. The highest BCUT2D eigenvalue weighted by atomic mass is 19.4. The number of benzene rings is 2. The first-order chi connectivity index (χ1) is 17.9. The Morgan fingerprint density at radius 1 is 1.11 bits per heavy atom. The summed E-state index contributed by atoms with van der Waals surface area (Å²) in [7, 11) is 1.86. The van der Waals surface area contributed by atoms with Crippen molar-refractivity contribution in [3.8, 4) is 22.8 Å². The predicted molar refractivity (Wildman–Crippen MR) is 131 cm³/mol. The number of phenolic OH excluding ortho intramolecular Hbond substituents is 1. The van der Waals surface area contributed by atoms with Gasteiger partial charge in [0.25, 0.3) is 0 Å². The first-order valence-electron chi connectivity index (χ1n) is 11.2. The molecule has 0 aliphatic carbocycles. The maximum atomic E-state index is 14.1. The van der Waals surface area contributed by atoms with Gasteiger partial charge < -0.3 is 25.1 Å². The molecule has 2 aromatic carbocycles. The maximum Gasteiger partial charge on any atom is 0.490 e. The zero-order chi connectivity index (χ0) is 27.8. The fourth-order valence-electron chi connectivity index (χ4n) is 4.13. The Balaban J connectivity index is 0.000000426. The number of rotatable bonds is 5.